The van der Waals surface area contributed by atoms with Crippen molar-refractivity contribution < 1.29 is 9.59 Å². The van der Waals surface area contributed by atoms with E-state index >= 15 is 0 Å². The summed E-state index contributed by atoms with van der Waals surface area (Å²) in [4.78, 5) is 27.7. The van der Waals surface area contributed by atoms with Crippen LogP contribution in [0.2, 0.25) is 0 Å². The number of thiocarbonyl (C=S) groups is 1. The molecule has 6 heteroatoms. The molecule has 0 spiro atoms. The minimum Gasteiger partial charge on any atom is -0.389 e. The molecular formula is C14H17N3O2S. The number of nitrogens with two attached hydrogens (primary N) is 1. The molecule has 0 atom stereocenters. The molecule has 1 aliphatic rings. The summed E-state index contributed by atoms with van der Waals surface area (Å²) < 4.78 is 0. The number of amides is 2. The second-order valence-electron chi connectivity index (χ2n) is 4.84. The standard InChI is InChI=1S/C14H17N3O2S/c1-16-7-2-8-17(9-12(16)18)14(19)11-5-3-10(4-6-11)13(15)20/h3-6H,2,7-9H2,1H3,(H2,15,20). The van der Waals surface area contributed by atoms with E-state index in [1.807, 2.05) is 0 Å². The average molecular weight is 291 g/mol. The van der Waals surface area contributed by atoms with Gasteiger partial charge in [-0.1, -0.05) is 24.4 Å². The predicted molar refractivity (Wildman–Crippen MR) is 80.5 cm³/mol. The van der Waals surface area contributed by atoms with Gasteiger partial charge >= 0.3 is 0 Å². The molecule has 20 heavy (non-hydrogen) atoms. The van der Waals surface area contributed by atoms with Gasteiger partial charge in [0, 0.05) is 31.3 Å². The van der Waals surface area contributed by atoms with E-state index in [1.54, 1.807) is 41.1 Å². The lowest BCUT2D eigenvalue weighted by Gasteiger charge is -2.19. The normalized spacial score (nSPS) is 15.9. The largest absolute Gasteiger partial charge is 0.389 e. The van der Waals surface area contributed by atoms with E-state index in [9.17, 15) is 9.59 Å². The van der Waals surface area contributed by atoms with E-state index in [1.165, 1.54) is 0 Å². The van der Waals surface area contributed by atoms with Gasteiger partial charge in [-0.05, 0) is 18.6 Å². The number of carbonyl (C=O) groups is 2. The summed E-state index contributed by atoms with van der Waals surface area (Å²) in [6.07, 6.45) is 0.791. The summed E-state index contributed by atoms with van der Waals surface area (Å²) in [6.45, 7) is 1.40. The molecule has 0 bridgehead atoms. The lowest BCUT2D eigenvalue weighted by Crippen LogP contribution is -2.38. The van der Waals surface area contributed by atoms with Crippen LogP contribution in [0.3, 0.4) is 0 Å². The first-order valence-electron chi connectivity index (χ1n) is 6.42. The molecule has 1 aromatic carbocycles. The van der Waals surface area contributed by atoms with Crippen molar-refractivity contribution in [3.05, 3.63) is 35.4 Å². The van der Waals surface area contributed by atoms with Gasteiger partial charge in [-0.3, -0.25) is 9.59 Å². The molecule has 0 unspecified atom stereocenters. The van der Waals surface area contributed by atoms with Gasteiger partial charge in [-0.15, -0.1) is 0 Å². The highest BCUT2D eigenvalue weighted by atomic mass is 32.1. The van der Waals surface area contributed by atoms with Crippen molar-refractivity contribution >= 4 is 29.0 Å². The highest BCUT2D eigenvalue weighted by molar-refractivity contribution is 7.80. The van der Waals surface area contributed by atoms with E-state index in [0.717, 1.165) is 12.0 Å². The Morgan fingerprint density at radius 3 is 2.40 bits per heavy atom. The molecule has 0 saturated carbocycles. The monoisotopic (exact) mass is 291 g/mol. The number of hydrogen-bond acceptors (Lipinski definition) is 3. The zero-order valence-corrected chi connectivity index (χ0v) is 12.2. The summed E-state index contributed by atoms with van der Waals surface area (Å²) in [5.41, 5.74) is 6.79. The summed E-state index contributed by atoms with van der Waals surface area (Å²) >= 11 is 4.87. The summed E-state index contributed by atoms with van der Waals surface area (Å²) in [5.74, 6) is -0.168. The maximum absolute atomic E-state index is 12.4. The summed E-state index contributed by atoms with van der Waals surface area (Å²) in [5, 5.41) is 0. The van der Waals surface area contributed by atoms with Crippen LogP contribution in [0.25, 0.3) is 0 Å². The van der Waals surface area contributed by atoms with Crippen LogP contribution < -0.4 is 5.73 Å². The molecule has 1 heterocycles. The Labute approximate surface area is 123 Å². The Morgan fingerprint density at radius 2 is 1.80 bits per heavy atom. The Hall–Kier alpha value is -1.95. The molecule has 1 aromatic rings. The van der Waals surface area contributed by atoms with Crippen molar-refractivity contribution in [3.8, 4) is 0 Å². The van der Waals surface area contributed by atoms with Crippen molar-refractivity contribution in [2.24, 2.45) is 5.73 Å². The molecule has 2 amide bonds. The highest BCUT2D eigenvalue weighted by Gasteiger charge is 2.23. The van der Waals surface area contributed by atoms with E-state index in [0.29, 0.717) is 23.6 Å². The lowest BCUT2D eigenvalue weighted by molar-refractivity contribution is -0.129. The van der Waals surface area contributed by atoms with Crippen molar-refractivity contribution in [1.29, 1.82) is 0 Å². The van der Waals surface area contributed by atoms with Gasteiger partial charge < -0.3 is 15.5 Å². The molecule has 5 nitrogen and oxygen atoms in total. The average Bonchev–Trinajstić information content (AvgIpc) is 2.60. The maximum Gasteiger partial charge on any atom is 0.254 e. The number of rotatable bonds is 2. The lowest BCUT2D eigenvalue weighted by atomic mass is 10.1. The number of benzene rings is 1. The van der Waals surface area contributed by atoms with Crippen LogP contribution in [0.4, 0.5) is 0 Å². The van der Waals surface area contributed by atoms with Gasteiger partial charge in [0.05, 0.1) is 0 Å². The fourth-order valence-electron chi connectivity index (χ4n) is 2.12. The van der Waals surface area contributed by atoms with E-state index in [4.69, 9.17) is 18.0 Å². The van der Waals surface area contributed by atoms with Gasteiger partial charge in [0.1, 0.15) is 11.5 Å². The first-order chi connectivity index (χ1) is 9.49. The van der Waals surface area contributed by atoms with Crippen molar-refractivity contribution in [2.45, 2.75) is 6.42 Å². The minimum atomic E-state index is -0.136. The van der Waals surface area contributed by atoms with Gasteiger partial charge in [0.2, 0.25) is 5.91 Å². The molecule has 1 aliphatic heterocycles. The summed E-state index contributed by atoms with van der Waals surface area (Å²) in [7, 11) is 1.76. The van der Waals surface area contributed by atoms with Gasteiger partial charge in [0.15, 0.2) is 0 Å². The van der Waals surface area contributed by atoms with E-state index in [-0.39, 0.29) is 18.4 Å². The highest BCUT2D eigenvalue weighted by Crippen LogP contribution is 2.11. The van der Waals surface area contributed by atoms with Crippen LogP contribution in [-0.2, 0) is 4.79 Å². The fourth-order valence-corrected chi connectivity index (χ4v) is 2.26. The maximum atomic E-state index is 12.4. The van der Waals surface area contributed by atoms with E-state index in [2.05, 4.69) is 0 Å². The third-order valence-corrected chi connectivity index (χ3v) is 3.61. The van der Waals surface area contributed by atoms with Gasteiger partial charge in [-0.2, -0.15) is 0 Å². The predicted octanol–water partition coefficient (Wildman–Crippen LogP) is 0.625. The second-order valence-corrected chi connectivity index (χ2v) is 5.28. The van der Waals surface area contributed by atoms with Crippen LogP contribution in [0, 0.1) is 0 Å². The molecule has 0 aromatic heterocycles. The van der Waals surface area contributed by atoms with Crippen LogP contribution in [0.15, 0.2) is 24.3 Å². The number of likely N-dealkylation sites (N-methyl/N-ethyl adjacent to an activating group) is 1. The van der Waals surface area contributed by atoms with Crippen LogP contribution >= 0.6 is 12.2 Å². The zero-order chi connectivity index (χ0) is 14.7. The molecule has 1 fully saturated rings. The van der Waals surface area contributed by atoms with Gasteiger partial charge in [-0.25, -0.2) is 0 Å². The fraction of sp³-hybridized carbons (Fsp3) is 0.357. The molecule has 1 saturated heterocycles. The number of carbonyl (C=O) groups excluding carboxylic acids is 2. The third kappa shape index (κ3) is 3.14. The van der Waals surface area contributed by atoms with Crippen LogP contribution in [0.1, 0.15) is 22.3 Å². The van der Waals surface area contributed by atoms with Crippen LogP contribution in [-0.4, -0.2) is 53.3 Å². The first kappa shape index (κ1) is 14.5. The smallest absolute Gasteiger partial charge is 0.254 e. The Bertz CT molecular complexity index is 542. The number of nitrogens with zero attached hydrogens (tertiary/aromatic N) is 2. The van der Waals surface area contributed by atoms with Crippen molar-refractivity contribution in [1.82, 2.24) is 9.80 Å². The molecule has 0 radical (unpaired) electrons. The molecule has 106 valence electrons. The van der Waals surface area contributed by atoms with Crippen molar-refractivity contribution in [2.75, 3.05) is 26.7 Å². The quantitative estimate of drug-likeness (QED) is 0.812. The molecule has 2 N–H and O–H groups in total. The topological polar surface area (TPSA) is 66.6 Å². The third-order valence-electron chi connectivity index (χ3n) is 3.38. The Balaban J connectivity index is 2.14. The molecule has 2 rings (SSSR count). The first-order valence-corrected chi connectivity index (χ1v) is 6.83. The van der Waals surface area contributed by atoms with Crippen LogP contribution in [0.5, 0.6) is 0 Å². The summed E-state index contributed by atoms with van der Waals surface area (Å²) in [6, 6.07) is 6.83. The number of hydrogen-bond donors (Lipinski definition) is 1. The second kappa shape index (κ2) is 6.00. The van der Waals surface area contributed by atoms with Gasteiger partial charge in [0.25, 0.3) is 5.91 Å². The molecular weight excluding hydrogens is 274 g/mol. The minimum absolute atomic E-state index is 0.0318. The van der Waals surface area contributed by atoms with E-state index < -0.39 is 0 Å². The van der Waals surface area contributed by atoms with Crippen molar-refractivity contribution in [3.63, 3.8) is 0 Å². The zero-order valence-electron chi connectivity index (χ0n) is 11.3. The molecule has 0 aliphatic carbocycles. The SMILES string of the molecule is CN1CCCN(C(=O)c2ccc(C(N)=S)cc2)CC1=O. The Kier molecular flexibility index (Phi) is 4.34. The Morgan fingerprint density at radius 1 is 1.20 bits per heavy atom.